The van der Waals surface area contributed by atoms with E-state index in [1.165, 1.54) is 0 Å². The van der Waals surface area contributed by atoms with Gasteiger partial charge in [-0.25, -0.2) is 0 Å². The van der Waals surface area contributed by atoms with Crippen molar-refractivity contribution in [3.8, 4) is 22.9 Å². The Morgan fingerprint density at radius 3 is 2.25 bits per heavy atom. The Morgan fingerprint density at radius 1 is 1.05 bits per heavy atom. The highest BCUT2D eigenvalue weighted by Crippen LogP contribution is 2.60. The van der Waals surface area contributed by atoms with Crippen LogP contribution in [0.4, 0.5) is 0 Å². The van der Waals surface area contributed by atoms with E-state index in [4.69, 9.17) is 14.1 Å². The van der Waals surface area contributed by atoms with E-state index in [0.717, 1.165) is 24.0 Å². The maximum absolute atomic E-state index is 15.2. The number of unbranched alkanes of at least 4 members (excludes halogenated alkanes) is 1. The topological polar surface area (TPSA) is 109 Å². The third-order valence-electron chi connectivity index (χ3n) is 9.06. The lowest BCUT2D eigenvalue weighted by molar-refractivity contribution is -0.259. The van der Waals surface area contributed by atoms with Gasteiger partial charge in [0.15, 0.2) is 0 Å². The van der Waals surface area contributed by atoms with Crippen LogP contribution < -0.4 is 9.83 Å². The SMILES string of the molecule is CCCCOC(=O)C(CC(C)(C)ON(CCO)C(C(C)C)P1(=O)Oc2ccccc2-c2ccccc21)C(C)(C)C(C)(C)C#N. The highest BCUT2D eigenvalue weighted by atomic mass is 31.2. The van der Waals surface area contributed by atoms with Gasteiger partial charge in [0.25, 0.3) is 7.37 Å². The molecule has 0 spiro atoms. The molecule has 0 saturated heterocycles. The van der Waals surface area contributed by atoms with Crippen molar-refractivity contribution in [2.24, 2.45) is 22.7 Å². The minimum absolute atomic E-state index is 0.0716. The molecule has 0 amide bonds. The van der Waals surface area contributed by atoms with E-state index >= 15 is 4.57 Å². The first kappa shape index (κ1) is 35.8. The van der Waals surface area contributed by atoms with Crippen LogP contribution in [0.25, 0.3) is 11.1 Å². The Bertz CT molecular complexity index is 1380. The lowest BCUT2D eigenvalue weighted by atomic mass is 9.60. The molecule has 9 heteroatoms. The summed E-state index contributed by atoms with van der Waals surface area (Å²) in [6.45, 7) is 17.3. The number of benzene rings is 2. The number of nitriles is 1. The molecule has 0 aromatic heterocycles. The van der Waals surface area contributed by atoms with Crippen LogP contribution in [-0.4, -0.2) is 47.3 Å². The van der Waals surface area contributed by atoms with Crippen molar-refractivity contribution in [3.63, 3.8) is 0 Å². The van der Waals surface area contributed by atoms with E-state index in [1.807, 2.05) is 111 Å². The van der Waals surface area contributed by atoms with Gasteiger partial charge in [-0.3, -0.25) is 14.2 Å². The highest BCUT2D eigenvalue weighted by Gasteiger charge is 2.52. The second-order valence-corrected chi connectivity index (χ2v) is 16.2. The lowest BCUT2D eigenvalue weighted by Gasteiger charge is -2.46. The summed E-state index contributed by atoms with van der Waals surface area (Å²) in [4.78, 5) is 20.3. The smallest absolute Gasteiger partial charge is 0.309 e. The summed E-state index contributed by atoms with van der Waals surface area (Å²) in [5.74, 6) is -1.45. The molecule has 1 aliphatic heterocycles. The first-order valence-corrected chi connectivity index (χ1v) is 17.4. The van der Waals surface area contributed by atoms with Gasteiger partial charge < -0.3 is 14.4 Å². The number of hydrogen-bond acceptors (Lipinski definition) is 8. The van der Waals surface area contributed by atoms with E-state index in [-0.39, 0.29) is 31.5 Å². The Hall–Kier alpha value is -2.69. The van der Waals surface area contributed by atoms with E-state index in [1.54, 1.807) is 5.06 Å². The summed E-state index contributed by atoms with van der Waals surface area (Å²) >= 11 is 0. The van der Waals surface area contributed by atoms with Crippen molar-refractivity contribution in [1.29, 1.82) is 5.26 Å². The minimum Gasteiger partial charge on any atom is -0.465 e. The lowest BCUT2D eigenvalue weighted by Crippen LogP contribution is -2.51. The summed E-state index contributed by atoms with van der Waals surface area (Å²) in [5.41, 5.74) is -0.875. The number of rotatable bonds is 15. The van der Waals surface area contributed by atoms with Crippen LogP contribution in [0.5, 0.6) is 5.75 Å². The van der Waals surface area contributed by atoms with Crippen LogP contribution >= 0.6 is 7.37 Å². The van der Waals surface area contributed by atoms with Crippen LogP contribution in [0, 0.1) is 34.0 Å². The number of hydroxylamine groups is 2. The molecule has 2 aromatic rings. The molecule has 3 atom stereocenters. The average Bonchev–Trinajstić information content (AvgIpc) is 2.95. The molecule has 3 unspecified atom stereocenters. The Kier molecular flexibility index (Phi) is 11.5. The van der Waals surface area contributed by atoms with Gasteiger partial charge in [0.1, 0.15) is 11.5 Å². The zero-order valence-corrected chi connectivity index (χ0v) is 28.8. The van der Waals surface area contributed by atoms with E-state index in [2.05, 4.69) is 6.07 Å². The number of aliphatic hydroxyl groups excluding tert-OH is 1. The molecule has 8 nitrogen and oxygen atoms in total. The molecule has 0 saturated carbocycles. The third-order valence-corrected chi connectivity index (χ3v) is 12.1. The molecule has 1 N–H and O–H groups in total. The number of para-hydroxylation sites is 1. The molecule has 44 heavy (non-hydrogen) atoms. The maximum Gasteiger partial charge on any atom is 0.309 e. The van der Waals surface area contributed by atoms with Gasteiger partial charge in [0.2, 0.25) is 0 Å². The monoisotopic (exact) mass is 626 g/mol. The summed E-state index contributed by atoms with van der Waals surface area (Å²) in [5, 5.41) is 22.4. The number of ether oxygens (including phenoxy) is 1. The van der Waals surface area contributed by atoms with Gasteiger partial charge in [-0.2, -0.15) is 10.3 Å². The van der Waals surface area contributed by atoms with Crippen LogP contribution in [-0.2, 0) is 18.9 Å². The molecule has 242 valence electrons. The highest BCUT2D eigenvalue weighted by molar-refractivity contribution is 7.68. The van der Waals surface area contributed by atoms with Gasteiger partial charge >= 0.3 is 5.97 Å². The maximum atomic E-state index is 15.2. The van der Waals surface area contributed by atoms with Crippen LogP contribution in [0.3, 0.4) is 0 Å². The predicted molar refractivity (Wildman–Crippen MR) is 174 cm³/mol. The van der Waals surface area contributed by atoms with Crippen molar-refractivity contribution >= 4 is 18.6 Å². The predicted octanol–water partition coefficient (Wildman–Crippen LogP) is 7.56. The van der Waals surface area contributed by atoms with Crippen molar-refractivity contribution < 1.29 is 28.6 Å². The second kappa shape index (κ2) is 14.2. The quantitative estimate of drug-likeness (QED) is 0.0934. The van der Waals surface area contributed by atoms with E-state index < -0.39 is 35.5 Å². The average molecular weight is 627 g/mol. The largest absolute Gasteiger partial charge is 0.465 e. The van der Waals surface area contributed by atoms with Crippen molar-refractivity contribution in [2.75, 3.05) is 19.8 Å². The van der Waals surface area contributed by atoms with Crippen LogP contribution in [0.1, 0.15) is 81.6 Å². The fourth-order valence-electron chi connectivity index (χ4n) is 5.84. The zero-order chi connectivity index (χ0) is 32.9. The van der Waals surface area contributed by atoms with E-state index in [0.29, 0.717) is 17.7 Å². The molecular weight excluding hydrogens is 575 g/mol. The molecule has 1 aliphatic rings. The van der Waals surface area contributed by atoms with Crippen LogP contribution in [0.15, 0.2) is 48.5 Å². The number of nitrogens with zero attached hydrogens (tertiary/aromatic N) is 2. The van der Waals surface area contributed by atoms with Gasteiger partial charge in [-0.1, -0.05) is 77.4 Å². The molecular formula is C35H51N2O6P. The number of fused-ring (bicyclic) bond motifs is 3. The first-order valence-electron chi connectivity index (χ1n) is 15.7. The standard InChI is InChI=1S/C35H51N2O6P/c1-10-11-22-41-32(39)28(35(8,9)33(4,5)24-36)23-34(6,7)43-37(20-21-38)31(25(2)3)44(40)30-19-15-13-17-27(30)26-16-12-14-18-29(26)42-44/h12-19,25,28,31,38H,10-11,20-23H2,1-9H3. The molecule has 0 aliphatic carbocycles. The Labute approximate surface area is 264 Å². The van der Waals surface area contributed by atoms with Gasteiger partial charge in [0, 0.05) is 12.1 Å². The number of hydrogen-bond donors (Lipinski definition) is 1. The van der Waals surface area contributed by atoms with Gasteiger partial charge in [-0.15, -0.1) is 0 Å². The van der Waals surface area contributed by atoms with Crippen molar-refractivity contribution in [1.82, 2.24) is 5.06 Å². The number of esters is 1. The second-order valence-electron chi connectivity index (χ2n) is 13.8. The molecule has 2 aromatic carbocycles. The summed E-state index contributed by atoms with van der Waals surface area (Å²) in [7, 11) is -3.65. The minimum atomic E-state index is -3.65. The fourth-order valence-corrected chi connectivity index (χ4v) is 8.89. The summed E-state index contributed by atoms with van der Waals surface area (Å²) in [6, 6.07) is 17.5. The van der Waals surface area contributed by atoms with E-state index in [9.17, 15) is 15.2 Å². The number of carbonyl (C=O) groups excluding carboxylic acids is 1. The number of aliphatic hydroxyl groups is 1. The normalized spacial score (nSPS) is 18.2. The van der Waals surface area contributed by atoms with Crippen LogP contribution in [0.2, 0.25) is 0 Å². The molecule has 0 bridgehead atoms. The Balaban J connectivity index is 2.04. The molecule has 1 heterocycles. The summed E-state index contributed by atoms with van der Waals surface area (Å²) < 4.78 is 27.4. The molecule has 0 radical (unpaired) electrons. The number of carbonyl (C=O) groups is 1. The van der Waals surface area contributed by atoms with Crippen molar-refractivity contribution in [2.45, 2.75) is 93.0 Å². The Morgan fingerprint density at radius 2 is 1.66 bits per heavy atom. The van der Waals surface area contributed by atoms with Crippen molar-refractivity contribution in [3.05, 3.63) is 48.5 Å². The van der Waals surface area contributed by atoms with Gasteiger partial charge in [0.05, 0.1) is 41.5 Å². The zero-order valence-electron chi connectivity index (χ0n) is 27.9. The molecule has 3 rings (SSSR count). The fraction of sp³-hybridized carbons (Fsp3) is 0.600. The summed E-state index contributed by atoms with van der Waals surface area (Å²) in [6.07, 6.45) is 1.87. The first-order chi connectivity index (χ1) is 20.6. The molecule has 0 fully saturated rings. The third kappa shape index (κ3) is 7.40. The van der Waals surface area contributed by atoms with Gasteiger partial charge in [-0.05, 0) is 69.6 Å².